The summed E-state index contributed by atoms with van der Waals surface area (Å²) in [5, 5.41) is 6.94. The molecule has 7 heteroatoms. The normalized spacial score (nSPS) is 19.0. The molecular formula is C14H18N4O2S. The van der Waals surface area contributed by atoms with Gasteiger partial charge in [-0.15, -0.1) is 11.3 Å². The largest absolute Gasteiger partial charge is 0.366 e. The molecule has 1 saturated heterocycles. The van der Waals surface area contributed by atoms with Gasteiger partial charge >= 0.3 is 0 Å². The van der Waals surface area contributed by atoms with E-state index in [0.29, 0.717) is 25.5 Å². The summed E-state index contributed by atoms with van der Waals surface area (Å²) in [7, 11) is 0. The van der Waals surface area contributed by atoms with Crippen molar-refractivity contribution in [3.05, 3.63) is 33.0 Å². The molecule has 3 heterocycles. The number of nitrogens with one attached hydrogen (secondary N) is 1. The number of carbonyl (C=O) groups excluding carboxylic acids is 1. The summed E-state index contributed by atoms with van der Waals surface area (Å²) in [4.78, 5) is 21.0. The Hall–Kier alpha value is -1.73. The van der Waals surface area contributed by atoms with Gasteiger partial charge in [-0.25, -0.2) is 4.98 Å². The summed E-state index contributed by atoms with van der Waals surface area (Å²) in [6.07, 6.45) is -0.257. The molecule has 0 radical (unpaired) electrons. The van der Waals surface area contributed by atoms with Crippen LogP contribution in [0.25, 0.3) is 0 Å². The van der Waals surface area contributed by atoms with Gasteiger partial charge in [-0.3, -0.25) is 9.89 Å². The van der Waals surface area contributed by atoms with Gasteiger partial charge in [-0.05, 0) is 26.8 Å². The predicted molar refractivity (Wildman–Crippen MR) is 79.5 cm³/mol. The van der Waals surface area contributed by atoms with Crippen molar-refractivity contribution >= 4 is 17.2 Å². The second-order valence-corrected chi connectivity index (χ2v) is 6.68. The van der Waals surface area contributed by atoms with Crippen molar-refractivity contribution in [2.45, 2.75) is 26.9 Å². The first-order chi connectivity index (χ1) is 10.0. The number of rotatable bonds is 2. The molecule has 0 spiro atoms. The molecule has 0 aromatic carbocycles. The summed E-state index contributed by atoms with van der Waals surface area (Å²) in [5.41, 5.74) is 0.796. The van der Waals surface area contributed by atoms with Gasteiger partial charge in [0, 0.05) is 16.3 Å². The lowest BCUT2D eigenvalue weighted by atomic mass is 10.2. The number of thiophene rings is 1. The van der Waals surface area contributed by atoms with Crippen LogP contribution in [0.15, 0.2) is 6.07 Å². The highest BCUT2D eigenvalue weighted by atomic mass is 32.1. The van der Waals surface area contributed by atoms with E-state index in [1.807, 2.05) is 31.7 Å². The summed E-state index contributed by atoms with van der Waals surface area (Å²) < 4.78 is 5.69. The van der Waals surface area contributed by atoms with Crippen molar-refractivity contribution < 1.29 is 9.53 Å². The third-order valence-corrected chi connectivity index (χ3v) is 4.49. The molecule has 2 aromatic heterocycles. The molecule has 0 aliphatic carbocycles. The van der Waals surface area contributed by atoms with E-state index in [4.69, 9.17) is 4.74 Å². The first-order valence-corrected chi connectivity index (χ1v) is 7.73. The number of amides is 1. The Bertz CT molecular complexity index is 664. The van der Waals surface area contributed by atoms with Crippen molar-refractivity contribution in [1.29, 1.82) is 0 Å². The molecule has 1 atom stereocenters. The third kappa shape index (κ3) is 2.84. The van der Waals surface area contributed by atoms with Crippen LogP contribution in [0, 0.1) is 20.8 Å². The van der Waals surface area contributed by atoms with Gasteiger partial charge in [0.1, 0.15) is 11.9 Å². The van der Waals surface area contributed by atoms with Crippen LogP contribution in [0.2, 0.25) is 0 Å². The van der Waals surface area contributed by atoms with E-state index in [2.05, 4.69) is 15.2 Å². The molecule has 1 aliphatic rings. The van der Waals surface area contributed by atoms with Crippen LogP contribution in [0.4, 0.5) is 0 Å². The number of nitrogens with zero attached hydrogens (tertiary/aromatic N) is 3. The Labute approximate surface area is 127 Å². The molecule has 1 aliphatic heterocycles. The highest BCUT2D eigenvalue weighted by molar-refractivity contribution is 7.12. The summed E-state index contributed by atoms with van der Waals surface area (Å²) >= 11 is 1.65. The smallest absolute Gasteiger partial charge is 0.255 e. The van der Waals surface area contributed by atoms with Gasteiger partial charge in [0.15, 0.2) is 5.82 Å². The van der Waals surface area contributed by atoms with Crippen molar-refractivity contribution in [1.82, 2.24) is 20.1 Å². The summed E-state index contributed by atoms with van der Waals surface area (Å²) in [5.74, 6) is 1.43. The Morgan fingerprint density at radius 2 is 2.29 bits per heavy atom. The maximum atomic E-state index is 12.6. The van der Waals surface area contributed by atoms with Gasteiger partial charge in [0.2, 0.25) is 0 Å². The molecule has 2 aromatic rings. The number of aromatic nitrogens is 3. The van der Waals surface area contributed by atoms with Crippen molar-refractivity contribution in [2.24, 2.45) is 0 Å². The monoisotopic (exact) mass is 306 g/mol. The van der Waals surface area contributed by atoms with Gasteiger partial charge in [0.25, 0.3) is 5.91 Å². The number of H-pyrrole nitrogens is 1. The second kappa shape index (κ2) is 5.57. The van der Waals surface area contributed by atoms with E-state index in [1.54, 1.807) is 11.3 Å². The third-order valence-electron chi connectivity index (χ3n) is 3.53. The fraction of sp³-hybridized carbons (Fsp3) is 0.500. The van der Waals surface area contributed by atoms with Gasteiger partial charge in [-0.2, -0.15) is 5.10 Å². The molecule has 1 fully saturated rings. The van der Waals surface area contributed by atoms with Gasteiger partial charge < -0.3 is 9.64 Å². The zero-order chi connectivity index (χ0) is 15.0. The van der Waals surface area contributed by atoms with E-state index in [-0.39, 0.29) is 12.0 Å². The maximum Gasteiger partial charge on any atom is 0.255 e. The lowest BCUT2D eigenvalue weighted by molar-refractivity contribution is -0.0266. The topological polar surface area (TPSA) is 71.1 Å². The first kappa shape index (κ1) is 14.2. The molecule has 0 unspecified atom stereocenters. The van der Waals surface area contributed by atoms with Crippen molar-refractivity contribution in [2.75, 3.05) is 19.7 Å². The van der Waals surface area contributed by atoms with Crippen LogP contribution < -0.4 is 0 Å². The zero-order valence-corrected chi connectivity index (χ0v) is 13.2. The SMILES string of the molecule is Cc1nc([C@@H]2CN(C(=O)c3cc(C)sc3C)CCO2)n[nH]1. The molecule has 6 nitrogen and oxygen atoms in total. The molecule has 1 amide bonds. The van der Waals surface area contributed by atoms with Crippen LogP contribution >= 0.6 is 11.3 Å². The maximum absolute atomic E-state index is 12.6. The number of hydrogen-bond donors (Lipinski definition) is 1. The molecule has 112 valence electrons. The summed E-state index contributed by atoms with van der Waals surface area (Å²) in [6, 6.07) is 1.96. The average molecular weight is 306 g/mol. The summed E-state index contributed by atoms with van der Waals surface area (Å²) in [6.45, 7) is 7.46. The molecular weight excluding hydrogens is 288 g/mol. The van der Waals surface area contributed by atoms with E-state index in [9.17, 15) is 4.79 Å². The minimum atomic E-state index is -0.257. The Balaban J connectivity index is 1.77. The average Bonchev–Trinajstić information content (AvgIpc) is 3.04. The van der Waals surface area contributed by atoms with E-state index < -0.39 is 0 Å². The van der Waals surface area contributed by atoms with E-state index in [0.717, 1.165) is 21.1 Å². The highest BCUT2D eigenvalue weighted by Crippen LogP contribution is 2.25. The first-order valence-electron chi connectivity index (χ1n) is 6.91. The number of hydrogen-bond acceptors (Lipinski definition) is 5. The van der Waals surface area contributed by atoms with Crippen LogP contribution in [0.5, 0.6) is 0 Å². The Morgan fingerprint density at radius 3 is 2.90 bits per heavy atom. The minimum absolute atomic E-state index is 0.0670. The number of aryl methyl sites for hydroxylation is 3. The molecule has 0 bridgehead atoms. The molecule has 21 heavy (non-hydrogen) atoms. The number of carbonyl (C=O) groups is 1. The fourth-order valence-corrected chi connectivity index (χ4v) is 3.42. The van der Waals surface area contributed by atoms with Crippen LogP contribution in [0.3, 0.4) is 0 Å². The second-order valence-electron chi connectivity index (χ2n) is 5.22. The van der Waals surface area contributed by atoms with E-state index >= 15 is 0 Å². The number of ether oxygens (including phenoxy) is 1. The minimum Gasteiger partial charge on any atom is -0.366 e. The lowest BCUT2D eigenvalue weighted by Gasteiger charge is -2.31. The van der Waals surface area contributed by atoms with Crippen LogP contribution in [0.1, 0.15) is 37.9 Å². The van der Waals surface area contributed by atoms with E-state index in [1.165, 1.54) is 0 Å². The van der Waals surface area contributed by atoms with Gasteiger partial charge in [0.05, 0.1) is 18.7 Å². The Morgan fingerprint density at radius 1 is 1.48 bits per heavy atom. The molecule has 1 N–H and O–H groups in total. The number of aromatic amines is 1. The Kier molecular flexibility index (Phi) is 3.77. The highest BCUT2D eigenvalue weighted by Gasteiger charge is 2.29. The number of morpholine rings is 1. The molecule has 0 saturated carbocycles. The zero-order valence-electron chi connectivity index (χ0n) is 12.3. The van der Waals surface area contributed by atoms with Crippen molar-refractivity contribution in [3.63, 3.8) is 0 Å². The quantitative estimate of drug-likeness (QED) is 0.921. The predicted octanol–water partition coefficient (Wildman–Crippen LogP) is 2.01. The standard InChI is InChI=1S/C14H18N4O2S/c1-8-6-11(9(2)21-8)14(19)18-4-5-20-12(7-18)13-15-10(3)16-17-13/h6,12H,4-5,7H2,1-3H3,(H,15,16,17)/t12-/m0/s1. The fourth-order valence-electron chi connectivity index (χ4n) is 2.51. The van der Waals surface area contributed by atoms with Gasteiger partial charge in [-0.1, -0.05) is 0 Å². The van der Waals surface area contributed by atoms with Crippen LogP contribution in [-0.4, -0.2) is 45.7 Å². The molecule has 3 rings (SSSR count). The van der Waals surface area contributed by atoms with Crippen molar-refractivity contribution in [3.8, 4) is 0 Å². The van der Waals surface area contributed by atoms with Crippen LogP contribution in [-0.2, 0) is 4.74 Å². The lowest BCUT2D eigenvalue weighted by Crippen LogP contribution is -2.42.